The van der Waals surface area contributed by atoms with Crippen molar-refractivity contribution in [1.29, 1.82) is 0 Å². The third-order valence-electron chi connectivity index (χ3n) is 7.31. The van der Waals surface area contributed by atoms with Crippen LogP contribution in [0.25, 0.3) is 10.8 Å². The molecule has 2 aliphatic heterocycles. The largest absolute Gasteiger partial charge is 0.480 e. The van der Waals surface area contributed by atoms with E-state index in [0.29, 0.717) is 19.5 Å². The molecule has 2 fully saturated rings. The fraction of sp³-hybridized carbons (Fsp3) is 0.345. The van der Waals surface area contributed by atoms with E-state index in [-0.39, 0.29) is 19.9 Å². The first-order valence-corrected chi connectivity index (χ1v) is 12.3. The number of carbonyl (C=O) groups excluding carboxylic acids is 2. The van der Waals surface area contributed by atoms with Crippen LogP contribution in [0.1, 0.15) is 25.8 Å². The van der Waals surface area contributed by atoms with Crippen LogP contribution in [0.15, 0.2) is 72.8 Å². The Kier molecular flexibility index (Phi) is 7.78. The number of piperidine rings is 1. The van der Waals surface area contributed by atoms with Crippen LogP contribution in [-0.2, 0) is 20.9 Å². The summed E-state index contributed by atoms with van der Waals surface area (Å²) >= 11 is 0. The molecule has 37 heavy (non-hydrogen) atoms. The Balaban J connectivity index is 0.00000320. The molecule has 3 aromatic carbocycles. The van der Waals surface area contributed by atoms with E-state index in [1.54, 1.807) is 4.90 Å². The highest BCUT2D eigenvalue weighted by atomic mass is 16.4. The number of carboxylic acid groups (broad SMARTS) is 1. The number of fused-ring (bicyclic) bond motifs is 1. The standard InChI is InChI=1S/C28H30N4O4.CH4/c33-25(29-17-26(34)35)19-31-20-32(23-10-2-1-3-11-23)28(27(31)36)13-15-30(16-14-28)18-22-9-6-8-21-7-4-5-12-24(21)22;/h1-12H,13-20H2,(H,29,33)(H,34,35);1H4. The van der Waals surface area contributed by atoms with Gasteiger partial charge in [0.2, 0.25) is 11.8 Å². The highest BCUT2D eigenvalue weighted by molar-refractivity contribution is 5.96. The van der Waals surface area contributed by atoms with Gasteiger partial charge in [-0.05, 0) is 41.3 Å². The Bertz CT molecular complexity index is 1270. The minimum atomic E-state index is -1.11. The topological polar surface area (TPSA) is 93.2 Å². The van der Waals surface area contributed by atoms with Crippen LogP contribution in [0.4, 0.5) is 5.69 Å². The van der Waals surface area contributed by atoms with Gasteiger partial charge in [0.1, 0.15) is 18.6 Å². The lowest BCUT2D eigenvalue weighted by Gasteiger charge is -2.43. The van der Waals surface area contributed by atoms with Crippen molar-refractivity contribution in [1.82, 2.24) is 15.1 Å². The SMILES string of the molecule is C.O=C(O)CNC(=O)CN1CN(c2ccccc2)C2(CCN(Cc3cccc4ccccc34)CC2)C1=O. The van der Waals surface area contributed by atoms with E-state index in [1.807, 2.05) is 36.4 Å². The predicted octanol–water partition coefficient (Wildman–Crippen LogP) is 3.32. The predicted molar refractivity (Wildman–Crippen MR) is 144 cm³/mol. The van der Waals surface area contributed by atoms with Gasteiger partial charge in [-0.15, -0.1) is 0 Å². The second kappa shape index (κ2) is 11.0. The molecule has 2 amide bonds. The van der Waals surface area contributed by atoms with Crippen LogP contribution in [0, 0.1) is 0 Å². The second-order valence-corrected chi connectivity index (χ2v) is 9.52. The summed E-state index contributed by atoms with van der Waals surface area (Å²) in [4.78, 5) is 43.0. The molecule has 2 N–H and O–H groups in total. The van der Waals surface area contributed by atoms with Crippen molar-refractivity contribution in [3.63, 3.8) is 0 Å². The van der Waals surface area contributed by atoms with Gasteiger partial charge >= 0.3 is 5.97 Å². The van der Waals surface area contributed by atoms with Gasteiger partial charge in [0, 0.05) is 25.3 Å². The summed E-state index contributed by atoms with van der Waals surface area (Å²) in [5.74, 6) is -1.65. The Labute approximate surface area is 217 Å². The number of benzene rings is 3. The Morgan fingerprint density at radius 3 is 2.32 bits per heavy atom. The summed E-state index contributed by atoms with van der Waals surface area (Å²) in [7, 11) is 0. The lowest BCUT2D eigenvalue weighted by Crippen LogP contribution is -2.56. The molecule has 0 aromatic heterocycles. The first-order chi connectivity index (χ1) is 17.5. The van der Waals surface area contributed by atoms with Gasteiger partial charge in [-0.25, -0.2) is 0 Å². The molecule has 0 atom stereocenters. The number of amides is 2. The van der Waals surface area contributed by atoms with Crippen LogP contribution in [-0.4, -0.2) is 71.1 Å². The van der Waals surface area contributed by atoms with Gasteiger partial charge in [0.25, 0.3) is 0 Å². The molecule has 2 saturated heterocycles. The number of aliphatic carboxylic acids is 1. The molecule has 3 aromatic rings. The van der Waals surface area contributed by atoms with E-state index in [0.717, 1.165) is 25.3 Å². The molecule has 0 saturated carbocycles. The Morgan fingerprint density at radius 1 is 0.919 bits per heavy atom. The fourth-order valence-electron chi connectivity index (χ4n) is 5.48. The fourth-order valence-corrected chi connectivity index (χ4v) is 5.48. The van der Waals surface area contributed by atoms with Crippen LogP contribution < -0.4 is 10.2 Å². The average molecular weight is 503 g/mol. The summed E-state index contributed by atoms with van der Waals surface area (Å²) in [6, 6.07) is 24.6. The molecule has 8 nitrogen and oxygen atoms in total. The lowest BCUT2D eigenvalue weighted by molar-refractivity contribution is -0.139. The van der Waals surface area contributed by atoms with Crippen LogP contribution in [0.5, 0.6) is 0 Å². The number of anilines is 1. The summed E-state index contributed by atoms with van der Waals surface area (Å²) in [5, 5.41) is 13.7. The maximum atomic E-state index is 13.7. The number of nitrogens with one attached hydrogen (secondary N) is 1. The van der Waals surface area contributed by atoms with Crippen molar-refractivity contribution in [2.45, 2.75) is 32.4 Å². The smallest absolute Gasteiger partial charge is 0.322 e. The van der Waals surface area contributed by atoms with Crippen LogP contribution >= 0.6 is 0 Å². The molecule has 0 aliphatic carbocycles. The third-order valence-corrected chi connectivity index (χ3v) is 7.31. The van der Waals surface area contributed by atoms with E-state index in [4.69, 9.17) is 5.11 Å². The number of likely N-dealkylation sites (tertiary alicyclic amines) is 1. The highest BCUT2D eigenvalue weighted by Crippen LogP contribution is 2.39. The van der Waals surface area contributed by atoms with Crippen molar-refractivity contribution in [2.75, 3.05) is 37.7 Å². The summed E-state index contributed by atoms with van der Waals surface area (Å²) < 4.78 is 0. The normalized spacial score (nSPS) is 17.1. The maximum absolute atomic E-state index is 13.7. The molecular weight excluding hydrogens is 468 g/mol. The van der Waals surface area contributed by atoms with Crippen molar-refractivity contribution in [3.8, 4) is 0 Å². The minimum absolute atomic E-state index is 0. The number of carbonyl (C=O) groups is 3. The van der Waals surface area contributed by atoms with Crippen molar-refractivity contribution >= 4 is 34.2 Å². The van der Waals surface area contributed by atoms with Crippen molar-refractivity contribution in [2.24, 2.45) is 0 Å². The minimum Gasteiger partial charge on any atom is -0.480 e. The van der Waals surface area contributed by atoms with Gasteiger partial charge in [0.15, 0.2) is 0 Å². The number of para-hydroxylation sites is 1. The van der Waals surface area contributed by atoms with Gasteiger partial charge in [-0.1, -0.05) is 68.1 Å². The van der Waals surface area contributed by atoms with Gasteiger partial charge in [-0.2, -0.15) is 0 Å². The zero-order valence-electron chi connectivity index (χ0n) is 20.1. The zero-order chi connectivity index (χ0) is 25.1. The Morgan fingerprint density at radius 2 is 1.59 bits per heavy atom. The molecule has 2 heterocycles. The molecular formula is C29H34N4O4. The number of carboxylic acids is 1. The molecule has 194 valence electrons. The van der Waals surface area contributed by atoms with E-state index in [2.05, 4.69) is 51.5 Å². The molecule has 0 bridgehead atoms. The molecule has 1 spiro atoms. The molecule has 5 rings (SSSR count). The Hall–Kier alpha value is -3.91. The first kappa shape index (κ1) is 26.2. The number of rotatable bonds is 7. The lowest BCUT2D eigenvalue weighted by atomic mass is 9.85. The maximum Gasteiger partial charge on any atom is 0.322 e. The summed E-state index contributed by atoms with van der Waals surface area (Å²) in [6.07, 6.45) is 1.30. The second-order valence-electron chi connectivity index (χ2n) is 9.52. The monoisotopic (exact) mass is 502 g/mol. The summed E-state index contributed by atoms with van der Waals surface area (Å²) in [5.41, 5.74) is 1.50. The van der Waals surface area contributed by atoms with Crippen LogP contribution in [0.2, 0.25) is 0 Å². The average Bonchev–Trinajstić information content (AvgIpc) is 3.15. The van der Waals surface area contributed by atoms with Crippen molar-refractivity contribution in [3.05, 3.63) is 78.4 Å². The molecule has 8 heteroatoms. The molecule has 0 radical (unpaired) electrons. The van der Waals surface area contributed by atoms with Crippen molar-refractivity contribution < 1.29 is 19.5 Å². The first-order valence-electron chi connectivity index (χ1n) is 12.3. The number of nitrogens with zero attached hydrogens (tertiary/aromatic N) is 3. The van der Waals surface area contributed by atoms with Crippen LogP contribution in [0.3, 0.4) is 0 Å². The van der Waals surface area contributed by atoms with E-state index in [1.165, 1.54) is 16.3 Å². The van der Waals surface area contributed by atoms with Gasteiger partial charge in [-0.3, -0.25) is 19.3 Å². The van der Waals surface area contributed by atoms with E-state index in [9.17, 15) is 14.4 Å². The molecule has 2 aliphatic rings. The highest BCUT2D eigenvalue weighted by Gasteiger charge is 2.53. The van der Waals surface area contributed by atoms with E-state index < -0.39 is 24.0 Å². The van der Waals surface area contributed by atoms with Gasteiger partial charge < -0.3 is 20.2 Å². The quantitative estimate of drug-likeness (QED) is 0.515. The number of hydrogen-bond donors (Lipinski definition) is 2. The molecule has 0 unspecified atom stereocenters. The van der Waals surface area contributed by atoms with Gasteiger partial charge in [0.05, 0.1) is 6.67 Å². The third kappa shape index (κ3) is 5.29. The number of hydrogen-bond acceptors (Lipinski definition) is 5. The van der Waals surface area contributed by atoms with E-state index >= 15 is 0 Å². The zero-order valence-corrected chi connectivity index (χ0v) is 20.1. The summed E-state index contributed by atoms with van der Waals surface area (Å²) in [6.45, 7) is 2.02.